The van der Waals surface area contributed by atoms with Crippen LogP contribution < -0.4 is 0 Å². The Morgan fingerprint density at radius 1 is 1.31 bits per heavy atom. The lowest BCUT2D eigenvalue weighted by Gasteiger charge is -2.05. The van der Waals surface area contributed by atoms with Gasteiger partial charge in [-0.25, -0.2) is 0 Å². The minimum atomic E-state index is 1.000. The van der Waals surface area contributed by atoms with Crippen molar-refractivity contribution in [3.63, 3.8) is 0 Å². The standard InChI is InChI=1S/C12H15N/c1-3-10(2)12(9-13)11-7-5-4-6-8-11/h4-9,13H,3H2,1-2H3/b12-10+,13-9?. The molecule has 0 heterocycles. The first-order valence-corrected chi connectivity index (χ1v) is 4.55. The fraction of sp³-hybridized carbons (Fsp3) is 0.250. The quantitative estimate of drug-likeness (QED) is 0.676. The number of allylic oxidation sites excluding steroid dienone is 2. The number of benzene rings is 1. The van der Waals surface area contributed by atoms with Gasteiger partial charge in [-0.2, -0.15) is 0 Å². The van der Waals surface area contributed by atoms with E-state index in [1.807, 2.05) is 30.3 Å². The van der Waals surface area contributed by atoms with E-state index in [2.05, 4.69) is 13.8 Å². The molecule has 0 bridgehead atoms. The molecular formula is C12H15N. The van der Waals surface area contributed by atoms with Gasteiger partial charge in [-0.05, 0) is 24.5 Å². The van der Waals surface area contributed by atoms with E-state index in [1.165, 1.54) is 11.8 Å². The lowest BCUT2D eigenvalue weighted by molar-refractivity contribution is 1.11. The van der Waals surface area contributed by atoms with Gasteiger partial charge in [0.1, 0.15) is 0 Å². The Balaban J connectivity index is 3.12. The van der Waals surface area contributed by atoms with Crippen LogP contribution in [0.3, 0.4) is 0 Å². The lowest BCUT2D eigenvalue weighted by atomic mass is 10.0. The molecule has 0 unspecified atom stereocenters. The summed E-state index contributed by atoms with van der Waals surface area (Å²) in [6, 6.07) is 10.1. The Kier molecular flexibility index (Phi) is 3.44. The highest BCUT2D eigenvalue weighted by molar-refractivity contribution is 6.09. The van der Waals surface area contributed by atoms with Crippen LogP contribution in [0.1, 0.15) is 25.8 Å². The number of hydrogen-bond acceptors (Lipinski definition) is 1. The molecule has 0 aliphatic rings. The SMILES string of the molecule is CC/C(C)=C(\C=N)c1ccccc1. The summed E-state index contributed by atoms with van der Waals surface area (Å²) in [7, 11) is 0. The van der Waals surface area contributed by atoms with Gasteiger partial charge in [-0.1, -0.05) is 42.8 Å². The molecule has 1 heteroatoms. The van der Waals surface area contributed by atoms with Crippen molar-refractivity contribution in [1.29, 1.82) is 5.41 Å². The van der Waals surface area contributed by atoms with Crippen LogP contribution in [0.4, 0.5) is 0 Å². The predicted octanol–water partition coefficient (Wildman–Crippen LogP) is 3.52. The van der Waals surface area contributed by atoms with E-state index in [0.717, 1.165) is 17.6 Å². The average molecular weight is 173 g/mol. The second-order valence-electron chi connectivity index (χ2n) is 3.06. The third-order valence-corrected chi connectivity index (χ3v) is 2.22. The van der Waals surface area contributed by atoms with Crippen molar-refractivity contribution < 1.29 is 0 Å². The molecule has 1 aromatic carbocycles. The maximum absolute atomic E-state index is 7.35. The molecule has 0 aliphatic carbocycles. The van der Waals surface area contributed by atoms with Gasteiger partial charge in [-0.3, -0.25) is 0 Å². The lowest BCUT2D eigenvalue weighted by Crippen LogP contribution is -1.88. The molecule has 68 valence electrons. The van der Waals surface area contributed by atoms with E-state index in [1.54, 1.807) is 0 Å². The molecule has 0 atom stereocenters. The molecular weight excluding hydrogens is 158 g/mol. The fourth-order valence-corrected chi connectivity index (χ4v) is 1.26. The Morgan fingerprint density at radius 3 is 2.38 bits per heavy atom. The molecule has 0 radical (unpaired) electrons. The van der Waals surface area contributed by atoms with Crippen LogP contribution in [0.15, 0.2) is 35.9 Å². The smallest absolute Gasteiger partial charge is 0.0255 e. The molecule has 0 aliphatic heterocycles. The topological polar surface area (TPSA) is 23.9 Å². The van der Waals surface area contributed by atoms with E-state index in [-0.39, 0.29) is 0 Å². The summed E-state index contributed by atoms with van der Waals surface area (Å²) in [5.74, 6) is 0. The second kappa shape index (κ2) is 4.61. The van der Waals surface area contributed by atoms with Crippen molar-refractivity contribution in [2.45, 2.75) is 20.3 Å². The van der Waals surface area contributed by atoms with Gasteiger partial charge in [0.05, 0.1) is 0 Å². The van der Waals surface area contributed by atoms with Crippen LogP contribution in [0.5, 0.6) is 0 Å². The monoisotopic (exact) mass is 173 g/mol. The van der Waals surface area contributed by atoms with Gasteiger partial charge in [-0.15, -0.1) is 0 Å². The van der Waals surface area contributed by atoms with Gasteiger partial charge in [0.2, 0.25) is 0 Å². The molecule has 0 amide bonds. The molecule has 0 saturated carbocycles. The summed E-state index contributed by atoms with van der Waals surface area (Å²) in [6.45, 7) is 4.19. The predicted molar refractivity (Wildman–Crippen MR) is 58.1 cm³/mol. The minimum absolute atomic E-state index is 1.000. The van der Waals surface area contributed by atoms with E-state index in [9.17, 15) is 0 Å². The largest absolute Gasteiger partial charge is 0.308 e. The highest BCUT2D eigenvalue weighted by Gasteiger charge is 2.00. The summed E-state index contributed by atoms with van der Waals surface area (Å²) < 4.78 is 0. The summed E-state index contributed by atoms with van der Waals surface area (Å²) >= 11 is 0. The van der Waals surface area contributed by atoms with Crippen molar-refractivity contribution in [3.05, 3.63) is 41.5 Å². The van der Waals surface area contributed by atoms with Crippen LogP contribution >= 0.6 is 0 Å². The summed E-state index contributed by atoms with van der Waals surface area (Å²) in [5, 5.41) is 7.35. The third-order valence-electron chi connectivity index (χ3n) is 2.22. The zero-order chi connectivity index (χ0) is 9.68. The Morgan fingerprint density at radius 2 is 1.92 bits per heavy atom. The zero-order valence-electron chi connectivity index (χ0n) is 8.17. The molecule has 0 spiro atoms. The summed E-state index contributed by atoms with van der Waals surface area (Å²) in [6.07, 6.45) is 2.44. The number of rotatable bonds is 3. The van der Waals surface area contributed by atoms with Crippen molar-refractivity contribution in [2.75, 3.05) is 0 Å². The first-order chi connectivity index (χ1) is 6.29. The van der Waals surface area contributed by atoms with Crippen molar-refractivity contribution in [2.24, 2.45) is 0 Å². The van der Waals surface area contributed by atoms with Crippen LogP contribution in [0, 0.1) is 5.41 Å². The number of hydrogen-bond donors (Lipinski definition) is 1. The van der Waals surface area contributed by atoms with Gasteiger partial charge in [0.15, 0.2) is 0 Å². The van der Waals surface area contributed by atoms with E-state index < -0.39 is 0 Å². The van der Waals surface area contributed by atoms with Crippen LogP contribution in [0.2, 0.25) is 0 Å². The van der Waals surface area contributed by atoms with E-state index in [0.29, 0.717) is 0 Å². The van der Waals surface area contributed by atoms with Gasteiger partial charge < -0.3 is 5.41 Å². The number of nitrogens with one attached hydrogen (secondary N) is 1. The minimum Gasteiger partial charge on any atom is -0.308 e. The van der Waals surface area contributed by atoms with E-state index >= 15 is 0 Å². The van der Waals surface area contributed by atoms with Crippen molar-refractivity contribution >= 4 is 11.8 Å². The third kappa shape index (κ3) is 2.28. The van der Waals surface area contributed by atoms with Gasteiger partial charge in [0.25, 0.3) is 0 Å². The Labute approximate surface area is 79.6 Å². The molecule has 1 N–H and O–H groups in total. The van der Waals surface area contributed by atoms with Crippen LogP contribution in [-0.4, -0.2) is 6.21 Å². The zero-order valence-corrected chi connectivity index (χ0v) is 8.17. The second-order valence-corrected chi connectivity index (χ2v) is 3.06. The first-order valence-electron chi connectivity index (χ1n) is 4.55. The maximum Gasteiger partial charge on any atom is 0.0255 e. The Hall–Kier alpha value is -1.37. The normalized spacial score (nSPS) is 12.2. The Bertz CT molecular complexity index is 309. The van der Waals surface area contributed by atoms with Crippen molar-refractivity contribution in [3.8, 4) is 0 Å². The molecule has 13 heavy (non-hydrogen) atoms. The fourth-order valence-electron chi connectivity index (χ4n) is 1.26. The molecule has 1 aromatic rings. The first kappa shape index (κ1) is 9.72. The molecule has 0 aromatic heterocycles. The van der Waals surface area contributed by atoms with E-state index in [4.69, 9.17) is 5.41 Å². The average Bonchev–Trinajstić information content (AvgIpc) is 2.20. The van der Waals surface area contributed by atoms with Gasteiger partial charge in [0, 0.05) is 6.21 Å². The van der Waals surface area contributed by atoms with Crippen LogP contribution in [-0.2, 0) is 0 Å². The highest BCUT2D eigenvalue weighted by Crippen LogP contribution is 2.17. The van der Waals surface area contributed by atoms with Crippen molar-refractivity contribution in [1.82, 2.24) is 0 Å². The molecule has 0 fully saturated rings. The molecule has 1 rings (SSSR count). The summed E-state index contributed by atoms with van der Waals surface area (Å²) in [4.78, 5) is 0. The maximum atomic E-state index is 7.35. The molecule has 0 saturated heterocycles. The molecule has 1 nitrogen and oxygen atoms in total. The van der Waals surface area contributed by atoms with Gasteiger partial charge >= 0.3 is 0 Å². The van der Waals surface area contributed by atoms with Crippen LogP contribution in [0.25, 0.3) is 5.57 Å². The highest BCUT2D eigenvalue weighted by atomic mass is 14.3. The summed E-state index contributed by atoms with van der Waals surface area (Å²) in [5.41, 5.74) is 3.45.